The van der Waals surface area contributed by atoms with E-state index in [9.17, 15) is 0 Å². The maximum absolute atomic E-state index is 5.73. The molecule has 3 nitrogen and oxygen atoms in total. The van der Waals surface area contributed by atoms with Gasteiger partial charge in [-0.1, -0.05) is 11.8 Å². The van der Waals surface area contributed by atoms with Crippen molar-refractivity contribution in [1.29, 1.82) is 0 Å². The zero-order chi connectivity index (χ0) is 12.3. The molecule has 0 radical (unpaired) electrons. The zero-order valence-corrected chi connectivity index (χ0v) is 11.6. The maximum Gasteiger partial charge on any atom is 0.151 e. The van der Waals surface area contributed by atoms with Crippen LogP contribution in [0.3, 0.4) is 0 Å². The summed E-state index contributed by atoms with van der Waals surface area (Å²) in [5, 5.41) is 0. The van der Waals surface area contributed by atoms with Gasteiger partial charge < -0.3 is 10.5 Å². The second-order valence-electron chi connectivity index (χ2n) is 3.83. The Morgan fingerprint density at radius 1 is 1.53 bits per heavy atom. The highest BCUT2D eigenvalue weighted by Crippen LogP contribution is 2.31. The molecule has 0 amide bonds. The minimum absolute atomic E-state index is 0.200. The number of thiazole rings is 1. The third-order valence-electron chi connectivity index (χ3n) is 2.12. The second kappa shape index (κ2) is 5.71. The number of ether oxygens (including phenoxy) is 1. The van der Waals surface area contributed by atoms with E-state index in [0.29, 0.717) is 6.61 Å². The van der Waals surface area contributed by atoms with Gasteiger partial charge in [-0.15, -0.1) is 11.3 Å². The third-order valence-corrected chi connectivity index (χ3v) is 4.57. The number of hydrogen-bond donors (Lipinski definition) is 1. The molecule has 1 heterocycles. The van der Waals surface area contributed by atoms with Crippen molar-refractivity contribution in [2.45, 2.75) is 24.2 Å². The molecule has 1 atom stereocenters. The van der Waals surface area contributed by atoms with Gasteiger partial charge in [-0.2, -0.15) is 0 Å². The maximum atomic E-state index is 5.73. The SMILES string of the molecule is CCOc1ccc2nc(SCC(C)N)sc2c1. The van der Waals surface area contributed by atoms with Gasteiger partial charge in [-0.25, -0.2) is 4.98 Å². The fourth-order valence-electron chi connectivity index (χ4n) is 1.40. The molecule has 5 heteroatoms. The van der Waals surface area contributed by atoms with Gasteiger partial charge >= 0.3 is 0 Å². The van der Waals surface area contributed by atoms with Crippen LogP contribution in [0.4, 0.5) is 0 Å². The van der Waals surface area contributed by atoms with Crippen molar-refractivity contribution in [3.8, 4) is 5.75 Å². The quantitative estimate of drug-likeness (QED) is 0.846. The first-order chi connectivity index (χ1) is 8.19. The van der Waals surface area contributed by atoms with Crippen molar-refractivity contribution >= 4 is 33.3 Å². The van der Waals surface area contributed by atoms with Gasteiger partial charge in [0.1, 0.15) is 5.75 Å². The normalized spacial score (nSPS) is 12.9. The van der Waals surface area contributed by atoms with Crippen LogP contribution in [0.5, 0.6) is 5.75 Å². The van der Waals surface area contributed by atoms with E-state index in [1.54, 1.807) is 23.1 Å². The molecule has 0 aliphatic carbocycles. The molecule has 0 spiro atoms. The first-order valence-corrected chi connectivity index (χ1v) is 7.41. The molecule has 0 fully saturated rings. The van der Waals surface area contributed by atoms with Crippen LogP contribution in [0.1, 0.15) is 13.8 Å². The highest BCUT2D eigenvalue weighted by Gasteiger charge is 2.06. The summed E-state index contributed by atoms with van der Waals surface area (Å²) in [6.45, 7) is 4.69. The molecule has 0 bridgehead atoms. The number of nitrogens with zero attached hydrogens (tertiary/aromatic N) is 1. The van der Waals surface area contributed by atoms with E-state index in [2.05, 4.69) is 4.98 Å². The predicted molar refractivity (Wildman–Crippen MR) is 75.2 cm³/mol. The van der Waals surface area contributed by atoms with Crippen LogP contribution in [0.2, 0.25) is 0 Å². The molecule has 2 aromatic rings. The molecule has 1 aromatic carbocycles. The van der Waals surface area contributed by atoms with Crippen LogP contribution in [-0.4, -0.2) is 23.4 Å². The Morgan fingerprint density at radius 3 is 3.06 bits per heavy atom. The first-order valence-electron chi connectivity index (χ1n) is 5.61. The predicted octanol–water partition coefficient (Wildman–Crippen LogP) is 3.13. The highest BCUT2D eigenvalue weighted by atomic mass is 32.2. The lowest BCUT2D eigenvalue weighted by atomic mass is 10.3. The lowest BCUT2D eigenvalue weighted by molar-refractivity contribution is 0.341. The number of thioether (sulfide) groups is 1. The molecule has 2 rings (SSSR count). The average molecular weight is 268 g/mol. The summed E-state index contributed by atoms with van der Waals surface area (Å²) in [5.41, 5.74) is 6.77. The van der Waals surface area contributed by atoms with Crippen LogP contribution < -0.4 is 10.5 Å². The molecule has 92 valence electrons. The summed E-state index contributed by atoms with van der Waals surface area (Å²) in [5.74, 6) is 1.81. The molecule has 17 heavy (non-hydrogen) atoms. The molecule has 1 unspecified atom stereocenters. The summed E-state index contributed by atoms with van der Waals surface area (Å²) >= 11 is 3.41. The summed E-state index contributed by atoms with van der Waals surface area (Å²) in [6.07, 6.45) is 0. The minimum Gasteiger partial charge on any atom is -0.494 e. The van der Waals surface area contributed by atoms with E-state index in [1.165, 1.54) is 4.70 Å². The molecule has 0 aliphatic heterocycles. The standard InChI is InChI=1S/C12H16N2OS2/c1-3-15-9-4-5-10-11(6-9)17-12(14-10)16-7-8(2)13/h4-6,8H,3,7,13H2,1-2H3. The van der Waals surface area contributed by atoms with Crippen LogP contribution in [0.25, 0.3) is 10.2 Å². The van der Waals surface area contributed by atoms with Crippen molar-refractivity contribution in [3.63, 3.8) is 0 Å². The summed E-state index contributed by atoms with van der Waals surface area (Å²) < 4.78 is 7.72. The number of rotatable bonds is 5. The molecule has 0 saturated heterocycles. The van der Waals surface area contributed by atoms with E-state index in [4.69, 9.17) is 10.5 Å². The number of aromatic nitrogens is 1. The Morgan fingerprint density at radius 2 is 2.35 bits per heavy atom. The van der Waals surface area contributed by atoms with E-state index in [1.807, 2.05) is 32.0 Å². The smallest absolute Gasteiger partial charge is 0.151 e. The second-order valence-corrected chi connectivity index (χ2v) is 6.13. The van der Waals surface area contributed by atoms with Gasteiger partial charge in [0.25, 0.3) is 0 Å². The Labute approximate surface area is 109 Å². The molecule has 1 aromatic heterocycles. The molecular weight excluding hydrogens is 252 g/mol. The number of nitrogens with two attached hydrogens (primary N) is 1. The van der Waals surface area contributed by atoms with Crippen LogP contribution in [0.15, 0.2) is 22.5 Å². The topological polar surface area (TPSA) is 48.1 Å². The lowest BCUT2D eigenvalue weighted by Gasteiger charge is -2.00. The Hall–Kier alpha value is -0.780. The van der Waals surface area contributed by atoms with Crippen LogP contribution in [0, 0.1) is 0 Å². The van der Waals surface area contributed by atoms with Crippen LogP contribution in [-0.2, 0) is 0 Å². The fourth-order valence-corrected chi connectivity index (χ4v) is 3.41. The first kappa shape index (κ1) is 12.7. The molecule has 0 aliphatic rings. The molecular formula is C12H16N2OS2. The fraction of sp³-hybridized carbons (Fsp3) is 0.417. The van der Waals surface area contributed by atoms with Crippen molar-refractivity contribution in [2.24, 2.45) is 5.73 Å². The summed E-state index contributed by atoms with van der Waals surface area (Å²) in [7, 11) is 0. The lowest BCUT2D eigenvalue weighted by Crippen LogP contribution is -2.17. The Bertz CT molecular complexity index is 496. The van der Waals surface area contributed by atoms with Crippen molar-refractivity contribution in [1.82, 2.24) is 4.98 Å². The molecule has 2 N–H and O–H groups in total. The van der Waals surface area contributed by atoms with Gasteiger partial charge in [0.05, 0.1) is 16.8 Å². The summed E-state index contributed by atoms with van der Waals surface area (Å²) in [6, 6.07) is 6.22. The highest BCUT2D eigenvalue weighted by molar-refractivity contribution is 8.01. The summed E-state index contributed by atoms with van der Waals surface area (Å²) in [4.78, 5) is 4.56. The van der Waals surface area contributed by atoms with Crippen molar-refractivity contribution in [3.05, 3.63) is 18.2 Å². The van der Waals surface area contributed by atoms with Gasteiger partial charge in [0.2, 0.25) is 0 Å². The minimum atomic E-state index is 0.200. The van der Waals surface area contributed by atoms with Gasteiger partial charge in [0.15, 0.2) is 4.34 Å². The van der Waals surface area contributed by atoms with E-state index < -0.39 is 0 Å². The van der Waals surface area contributed by atoms with Crippen LogP contribution >= 0.6 is 23.1 Å². The largest absolute Gasteiger partial charge is 0.494 e. The van der Waals surface area contributed by atoms with Gasteiger partial charge in [0, 0.05) is 11.8 Å². The van der Waals surface area contributed by atoms with E-state index >= 15 is 0 Å². The zero-order valence-electron chi connectivity index (χ0n) is 9.97. The Balaban J connectivity index is 2.18. The van der Waals surface area contributed by atoms with E-state index in [-0.39, 0.29) is 6.04 Å². The number of benzene rings is 1. The van der Waals surface area contributed by atoms with Gasteiger partial charge in [-0.3, -0.25) is 0 Å². The van der Waals surface area contributed by atoms with Crippen molar-refractivity contribution < 1.29 is 4.74 Å². The number of hydrogen-bond acceptors (Lipinski definition) is 5. The van der Waals surface area contributed by atoms with E-state index in [0.717, 1.165) is 21.4 Å². The Kier molecular flexibility index (Phi) is 4.25. The number of fused-ring (bicyclic) bond motifs is 1. The van der Waals surface area contributed by atoms with Gasteiger partial charge in [-0.05, 0) is 32.0 Å². The monoisotopic (exact) mass is 268 g/mol. The third kappa shape index (κ3) is 3.34. The van der Waals surface area contributed by atoms with Crippen molar-refractivity contribution in [2.75, 3.05) is 12.4 Å². The molecule has 0 saturated carbocycles. The average Bonchev–Trinajstić information content (AvgIpc) is 2.69.